The molecular weight excluding hydrogens is 468 g/mol. The Balaban J connectivity index is 1.94. The monoisotopic (exact) mass is 490 g/mol. The molecule has 9 nitrogen and oxygen atoms in total. The number of rotatable bonds is 9. The van der Waals surface area contributed by atoms with Crippen LogP contribution in [0, 0.1) is 23.0 Å². The topological polar surface area (TPSA) is 123 Å². The molecule has 2 rings (SSSR count). The lowest BCUT2D eigenvalue weighted by atomic mass is 10.0. The number of hydrogen-bond donors (Lipinski definition) is 2. The molecule has 0 aliphatic heterocycles. The molecule has 2 aromatic rings. The van der Waals surface area contributed by atoms with Gasteiger partial charge >= 0.3 is 0 Å². The highest BCUT2D eigenvalue weighted by atomic mass is 79.9. The Labute approximate surface area is 188 Å². The second kappa shape index (κ2) is 11.2. The van der Waals surface area contributed by atoms with Gasteiger partial charge in [-0.15, -0.1) is 0 Å². The van der Waals surface area contributed by atoms with Gasteiger partial charge in [0.05, 0.1) is 15.6 Å². The molecule has 0 heterocycles. The molecule has 0 saturated heterocycles. The van der Waals surface area contributed by atoms with Crippen LogP contribution in [0.4, 0.5) is 5.69 Å². The van der Waals surface area contributed by atoms with E-state index in [2.05, 4.69) is 31.8 Å². The molecule has 0 aromatic heterocycles. The van der Waals surface area contributed by atoms with E-state index in [0.29, 0.717) is 15.8 Å². The van der Waals surface area contributed by atoms with Crippen molar-refractivity contribution in [2.45, 2.75) is 26.8 Å². The van der Waals surface area contributed by atoms with E-state index < -0.39 is 22.8 Å². The molecule has 31 heavy (non-hydrogen) atoms. The largest absolute Gasteiger partial charge is 0.484 e. The van der Waals surface area contributed by atoms with Crippen molar-refractivity contribution in [3.05, 3.63) is 68.2 Å². The molecule has 0 aliphatic carbocycles. The van der Waals surface area contributed by atoms with E-state index in [1.807, 2.05) is 19.1 Å². The molecule has 2 amide bonds. The van der Waals surface area contributed by atoms with Crippen molar-refractivity contribution in [3.8, 4) is 5.75 Å². The van der Waals surface area contributed by atoms with Crippen molar-refractivity contribution in [2.75, 3.05) is 6.61 Å². The summed E-state index contributed by atoms with van der Waals surface area (Å²) in [5.41, 5.74) is 3.68. The van der Waals surface area contributed by atoms with Crippen molar-refractivity contribution < 1.29 is 19.2 Å². The predicted octanol–water partition coefficient (Wildman–Crippen LogP) is 3.34. The zero-order valence-corrected chi connectivity index (χ0v) is 18.9. The quantitative estimate of drug-likeness (QED) is 0.317. The van der Waals surface area contributed by atoms with Crippen LogP contribution in [0.15, 0.2) is 52.0 Å². The summed E-state index contributed by atoms with van der Waals surface area (Å²) in [6.07, 6.45) is 1.29. The van der Waals surface area contributed by atoms with Gasteiger partial charge in [-0.25, -0.2) is 5.43 Å². The van der Waals surface area contributed by atoms with Crippen molar-refractivity contribution in [2.24, 2.45) is 11.0 Å². The summed E-state index contributed by atoms with van der Waals surface area (Å²) in [5.74, 6) is -0.592. The molecule has 2 aromatic carbocycles. The van der Waals surface area contributed by atoms with Crippen LogP contribution in [-0.4, -0.2) is 35.6 Å². The minimum atomic E-state index is -0.829. The van der Waals surface area contributed by atoms with E-state index in [-0.39, 0.29) is 18.2 Å². The molecule has 0 aliphatic rings. The molecule has 0 unspecified atom stereocenters. The second-order valence-corrected chi connectivity index (χ2v) is 7.95. The van der Waals surface area contributed by atoms with Crippen LogP contribution in [0.2, 0.25) is 0 Å². The van der Waals surface area contributed by atoms with Gasteiger partial charge < -0.3 is 10.1 Å². The third kappa shape index (κ3) is 7.49. The van der Waals surface area contributed by atoms with Gasteiger partial charge in [0.25, 0.3) is 17.5 Å². The van der Waals surface area contributed by atoms with Crippen molar-refractivity contribution >= 4 is 39.6 Å². The highest BCUT2D eigenvalue weighted by Gasteiger charge is 2.24. The van der Waals surface area contributed by atoms with Crippen LogP contribution in [-0.2, 0) is 9.59 Å². The Kier molecular flexibility index (Phi) is 8.68. The zero-order chi connectivity index (χ0) is 23.0. The molecule has 0 spiro atoms. The second-order valence-electron chi connectivity index (χ2n) is 7.10. The molecule has 1 atom stereocenters. The summed E-state index contributed by atoms with van der Waals surface area (Å²) in [6, 6.07) is 10.9. The van der Waals surface area contributed by atoms with E-state index in [1.54, 1.807) is 32.0 Å². The number of hydrogen-bond acceptors (Lipinski definition) is 6. The van der Waals surface area contributed by atoms with E-state index in [4.69, 9.17) is 4.74 Å². The maximum absolute atomic E-state index is 12.5. The number of aryl methyl sites for hydroxylation is 1. The first-order chi connectivity index (χ1) is 14.7. The average molecular weight is 491 g/mol. The molecule has 0 saturated carbocycles. The highest BCUT2D eigenvalue weighted by Crippen LogP contribution is 2.24. The van der Waals surface area contributed by atoms with Gasteiger partial charge in [-0.1, -0.05) is 32.0 Å². The average Bonchev–Trinajstić information content (AvgIpc) is 2.71. The van der Waals surface area contributed by atoms with Gasteiger partial charge in [-0.2, -0.15) is 5.10 Å². The summed E-state index contributed by atoms with van der Waals surface area (Å²) in [4.78, 5) is 35.2. The summed E-state index contributed by atoms with van der Waals surface area (Å²) < 4.78 is 5.80. The summed E-state index contributed by atoms with van der Waals surface area (Å²) >= 11 is 3.10. The fourth-order valence-electron chi connectivity index (χ4n) is 2.59. The molecule has 0 radical (unpaired) electrons. The number of nitrogens with one attached hydrogen (secondary N) is 2. The minimum Gasteiger partial charge on any atom is -0.484 e. The molecule has 0 bridgehead atoms. The Morgan fingerprint density at radius 3 is 2.65 bits per heavy atom. The Morgan fingerprint density at radius 2 is 2.00 bits per heavy atom. The van der Waals surface area contributed by atoms with Gasteiger partial charge in [-0.05, 0) is 52.5 Å². The highest BCUT2D eigenvalue weighted by molar-refractivity contribution is 9.10. The van der Waals surface area contributed by atoms with Crippen molar-refractivity contribution in [1.82, 2.24) is 10.7 Å². The number of nitro benzene ring substituents is 1. The van der Waals surface area contributed by atoms with Gasteiger partial charge in [0.15, 0.2) is 6.61 Å². The standard InChI is InChI=1S/C21H23BrN4O5/c1-13(2)20(24-19(27)12-31-16-6-4-5-14(3)9-16)21(28)25-23-11-15-7-8-17(22)18(10-15)26(29)30/h4-11,13,20H,12H2,1-3H3,(H,24,27)(H,25,28)/b23-11-/t20-/m0/s1. The SMILES string of the molecule is Cc1cccc(OCC(=O)N[C@H](C(=O)N/N=C\c2ccc(Br)c([N+](=O)[O-])c2)C(C)C)c1. The normalized spacial score (nSPS) is 11.9. The van der Waals surface area contributed by atoms with E-state index >= 15 is 0 Å². The lowest BCUT2D eigenvalue weighted by molar-refractivity contribution is -0.385. The Hall–Kier alpha value is -3.27. The molecule has 2 N–H and O–H groups in total. The number of halogens is 1. The summed E-state index contributed by atoms with van der Waals surface area (Å²) in [6.45, 7) is 5.26. The van der Waals surface area contributed by atoms with Gasteiger partial charge in [0.2, 0.25) is 0 Å². The number of carbonyl (C=O) groups excluding carboxylic acids is 2. The maximum Gasteiger partial charge on any atom is 0.284 e. The number of benzene rings is 2. The number of nitro groups is 1. The lowest BCUT2D eigenvalue weighted by Gasteiger charge is -2.20. The van der Waals surface area contributed by atoms with E-state index in [9.17, 15) is 19.7 Å². The third-order valence-electron chi connectivity index (χ3n) is 4.18. The number of ether oxygens (including phenoxy) is 1. The summed E-state index contributed by atoms with van der Waals surface area (Å²) in [5, 5.41) is 17.5. The zero-order valence-electron chi connectivity index (χ0n) is 17.3. The van der Waals surface area contributed by atoms with E-state index in [1.165, 1.54) is 18.3 Å². The van der Waals surface area contributed by atoms with Gasteiger partial charge in [0.1, 0.15) is 11.8 Å². The first-order valence-corrected chi connectivity index (χ1v) is 10.2. The van der Waals surface area contributed by atoms with Crippen molar-refractivity contribution in [1.29, 1.82) is 0 Å². The lowest BCUT2D eigenvalue weighted by Crippen LogP contribution is -2.49. The maximum atomic E-state index is 12.5. The molecule has 0 fully saturated rings. The molecule has 10 heteroatoms. The summed E-state index contributed by atoms with van der Waals surface area (Å²) in [7, 11) is 0. The number of hydrazone groups is 1. The fraction of sp³-hybridized carbons (Fsp3) is 0.286. The first-order valence-electron chi connectivity index (χ1n) is 9.43. The Bertz CT molecular complexity index is 993. The van der Waals surface area contributed by atoms with Crippen LogP contribution < -0.4 is 15.5 Å². The van der Waals surface area contributed by atoms with E-state index in [0.717, 1.165) is 5.56 Å². The smallest absolute Gasteiger partial charge is 0.284 e. The third-order valence-corrected chi connectivity index (χ3v) is 4.85. The number of carbonyl (C=O) groups is 2. The van der Waals surface area contributed by atoms with Gasteiger partial charge in [0, 0.05) is 11.6 Å². The fourth-order valence-corrected chi connectivity index (χ4v) is 2.99. The molecule has 164 valence electrons. The van der Waals surface area contributed by atoms with Gasteiger partial charge in [-0.3, -0.25) is 19.7 Å². The molecular formula is C21H23BrN4O5. The van der Waals surface area contributed by atoms with Crippen LogP contribution in [0.5, 0.6) is 5.75 Å². The predicted molar refractivity (Wildman–Crippen MR) is 120 cm³/mol. The van der Waals surface area contributed by atoms with Crippen LogP contribution >= 0.6 is 15.9 Å². The van der Waals surface area contributed by atoms with Crippen LogP contribution in [0.3, 0.4) is 0 Å². The van der Waals surface area contributed by atoms with Crippen LogP contribution in [0.25, 0.3) is 0 Å². The number of amides is 2. The first kappa shape index (κ1) is 24.0. The number of nitrogens with zero attached hydrogens (tertiary/aromatic N) is 2. The van der Waals surface area contributed by atoms with Crippen LogP contribution in [0.1, 0.15) is 25.0 Å². The van der Waals surface area contributed by atoms with Crippen molar-refractivity contribution in [3.63, 3.8) is 0 Å². The Morgan fingerprint density at radius 1 is 1.26 bits per heavy atom. The minimum absolute atomic E-state index is 0.115.